The van der Waals surface area contributed by atoms with E-state index < -0.39 is 17.8 Å². The van der Waals surface area contributed by atoms with Gasteiger partial charge in [0.05, 0.1) is 24.2 Å². The molecule has 0 radical (unpaired) electrons. The van der Waals surface area contributed by atoms with E-state index in [9.17, 15) is 18.0 Å². The zero-order valence-corrected chi connectivity index (χ0v) is 21.1. The lowest BCUT2D eigenvalue weighted by atomic mass is 10.0. The quantitative estimate of drug-likeness (QED) is 0.394. The molecule has 1 atom stereocenters. The van der Waals surface area contributed by atoms with Crippen LogP contribution in [-0.2, 0) is 17.5 Å². The molecule has 200 valence electrons. The zero-order chi connectivity index (χ0) is 26.9. The van der Waals surface area contributed by atoms with Gasteiger partial charge in [-0.05, 0) is 52.6 Å². The van der Waals surface area contributed by atoms with Gasteiger partial charge in [-0.25, -0.2) is 4.68 Å². The van der Waals surface area contributed by atoms with E-state index in [1.54, 1.807) is 17.9 Å². The van der Waals surface area contributed by atoms with Gasteiger partial charge in [0.15, 0.2) is 5.82 Å². The molecular formula is C26H28F3N7O2. The molecule has 5 rings (SSSR count). The van der Waals surface area contributed by atoms with Gasteiger partial charge in [-0.2, -0.15) is 13.2 Å². The molecule has 38 heavy (non-hydrogen) atoms. The Morgan fingerprint density at radius 1 is 1.08 bits per heavy atom. The number of methoxy groups -OCH3 is 1. The number of tetrazole rings is 1. The van der Waals surface area contributed by atoms with E-state index in [0.717, 1.165) is 22.5 Å². The van der Waals surface area contributed by atoms with Gasteiger partial charge in [-0.1, -0.05) is 24.3 Å². The Balaban J connectivity index is 1.49. The molecule has 2 aromatic heterocycles. The highest BCUT2D eigenvalue weighted by Gasteiger charge is 2.34. The Hall–Kier alpha value is -3.77. The number of halogens is 3. The second-order valence-electron chi connectivity index (χ2n) is 9.32. The highest BCUT2D eigenvalue weighted by molar-refractivity contribution is 5.82. The lowest BCUT2D eigenvalue weighted by Gasteiger charge is -2.39. The van der Waals surface area contributed by atoms with Gasteiger partial charge >= 0.3 is 6.18 Å². The number of rotatable bonds is 7. The second kappa shape index (κ2) is 10.5. The van der Waals surface area contributed by atoms with Crippen LogP contribution in [0.25, 0.3) is 10.9 Å². The average molecular weight is 528 g/mol. The number of fused-ring (bicyclic) bond motifs is 1. The Bertz CT molecular complexity index is 1480. The van der Waals surface area contributed by atoms with E-state index in [-0.39, 0.29) is 5.56 Å². The Kier molecular flexibility index (Phi) is 7.17. The summed E-state index contributed by atoms with van der Waals surface area (Å²) in [6.45, 7) is 4.66. The maximum atomic E-state index is 13.4. The molecule has 0 saturated carbocycles. The van der Waals surface area contributed by atoms with Gasteiger partial charge in [0.25, 0.3) is 5.56 Å². The first-order valence-corrected chi connectivity index (χ1v) is 12.3. The predicted octanol–water partition coefficient (Wildman–Crippen LogP) is 3.40. The van der Waals surface area contributed by atoms with Crippen LogP contribution in [0.4, 0.5) is 18.9 Å². The number of hydrogen-bond donors (Lipinski definition) is 1. The number of hydrogen-bond acceptors (Lipinski definition) is 7. The fourth-order valence-corrected chi connectivity index (χ4v) is 4.96. The van der Waals surface area contributed by atoms with Crippen molar-refractivity contribution in [1.29, 1.82) is 0 Å². The molecule has 9 nitrogen and oxygen atoms in total. The van der Waals surface area contributed by atoms with Crippen LogP contribution in [-0.4, -0.2) is 70.0 Å². The Morgan fingerprint density at radius 2 is 1.84 bits per heavy atom. The molecule has 0 bridgehead atoms. The van der Waals surface area contributed by atoms with E-state index in [0.29, 0.717) is 56.4 Å². The molecule has 1 saturated heterocycles. The predicted molar refractivity (Wildman–Crippen MR) is 136 cm³/mol. The van der Waals surface area contributed by atoms with Crippen molar-refractivity contribution in [3.63, 3.8) is 0 Å². The van der Waals surface area contributed by atoms with Crippen LogP contribution < -0.4 is 10.5 Å². The summed E-state index contributed by atoms with van der Waals surface area (Å²) in [5, 5.41) is 13.2. The first-order valence-electron chi connectivity index (χ1n) is 12.3. The SMILES string of the molecule is COCCn1nnnc1[C@@H](c1cc2cccc(C)c2[nH]c1=O)N1CCN(c2cccc(C(F)(F)F)c2)CC1. The summed E-state index contributed by atoms with van der Waals surface area (Å²) < 4.78 is 46.6. The van der Waals surface area contributed by atoms with E-state index >= 15 is 0 Å². The normalized spacial score (nSPS) is 15.8. The monoisotopic (exact) mass is 527 g/mol. The van der Waals surface area contributed by atoms with Crippen molar-refractivity contribution >= 4 is 16.6 Å². The van der Waals surface area contributed by atoms with Crippen molar-refractivity contribution in [3.05, 3.63) is 81.4 Å². The smallest absolute Gasteiger partial charge is 0.383 e. The van der Waals surface area contributed by atoms with Crippen LogP contribution in [0.15, 0.2) is 53.3 Å². The summed E-state index contributed by atoms with van der Waals surface area (Å²) in [6, 6.07) is 12.5. The maximum Gasteiger partial charge on any atom is 0.416 e. The minimum Gasteiger partial charge on any atom is -0.383 e. The van der Waals surface area contributed by atoms with Gasteiger partial charge in [0, 0.05) is 44.5 Å². The number of anilines is 1. The molecule has 1 N–H and O–H groups in total. The van der Waals surface area contributed by atoms with Gasteiger partial charge < -0.3 is 14.6 Å². The molecular weight excluding hydrogens is 499 g/mol. The molecule has 2 aromatic carbocycles. The topological polar surface area (TPSA) is 92.2 Å². The summed E-state index contributed by atoms with van der Waals surface area (Å²) in [5.41, 5.74) is 1.84. The number of pyridine rings is 1. The molecule has 1 aliphatic rings. The minimum absolute atomic E-state index is 0.238. The maximum absolute atomic E-state index is 13.4. The summed E-state index contributed by atoms with van der Waals surface area (Å²) in [5.74, 6) is 0.507. The van der Waals surface area contributed by atoms with Crippen molar-refractivity contribution in [2.45, 2.75) is 25.7 Å². The van der Waals surface area contributed by atoms with Gasteiger partial charge in [-0.15, -0.1) is 5.10 Å². The highest BCUT2D eigenvalue weighted by Crippen LogP contribution is 2.33. The summed E-state index contributed by atoms with van der Waals surface area (Å²) in [7, 11) is 1.59. The number of alkyl halides is 3. The number of benzene rings is 2. The fraction of sp³-hybridized carbons (Fsp3) is 0.385. The van der Waals surface area contributed by atoms with Crippen LogP contribution >= 0.6 is 0 Å². The van der Waals surface area contributed by atoms with Crippen molar-refractivity contribution in [2.75, 3.05) is 44.8 Å². The summed E-state index contributed by atoms with van der Waals surface area (Å²) in [4.78, 5) is 20.5. The lowest BCUT2D eigenvalue weighted by Crippen LogP contribution is -2.49. The number of ether oxygens (including phenoxy) is 1. The molecule has 3 heterocycles. The number of H-pyrrole nitrogens is 1. The van der Waals surface area contributed by atoms with Gasteiger partial charge in [0.1, 0.15) is 6.04 Å². The first-order chi connectivity index (χ1) is 18.3. The van der Waals surface area contributed by atoms with Crippen molar-refractivity contribution in [1.82, 2.24) is 30.1 Å². The lowest BCUT2D eigenvalue weighted by molar-refractivity contribution is -0.137. The second-order valence-corrected chi connectivity index (χ2v) is 9.32. The third-order valence-corrected chi connectivity index (χ3v) is 6.94. The third kappa shape index (κ3) is 5.14. The molecule has 0 spiro atoms. The van der Waals surface area contributed by atoms with E-state index in [2.05, 4.69) is 25.4 Å². The fourth-order valence-electron chi connectivity index (χ4n) is 4.96. The van der Waals surface area contributed by atoms with Crippen molar-refractivity contribution in [2.24, 2.45) is 0 Å². The number of aromatic nitrogens is 5. The molecule has 0 amide bonds. The molecule has 1 aliphatic heterocycles. The average Bonchev–Trinajstić information content (AvgIpc) is 3.36. The largest absolute Gasteiger partial charge is 0.416 e. The number of nitrogens with zero attached hydrogens (tertiary/aromatic N) is 6. The number of para-hydroxylation sites is 1. The molecule has 4 aromatic rings. The third-order valence-electron chi connectivity index (χ3n) is 6.94. The van der Waals surface area contributed by atoms with Crippen LogP contribution in [0.3, 0.4) is 0 Å². The van der Waals surface area contributed by atoms with Crippen LogP contribution in [0, 0.1) is 6.92 Å². The Morgan fingerprint density at radius 3 is 2.58 bits per heavy atom. The number of aryl methyl sites for hydroxylation is 1. The van der Waals surface area contributed by atoms with Crippen LogP contribution in [0.2, 0.25) is 0 Å². The van der Waals surface area contributed by atoms with Crippen LogP contribution in [0.5, 0.6) is 0 Å². The number of aromatic amines is 1. The number of nitrogens with one attached hydrogen (secondary N) is 1. The van der Waals surface area contributed by atoms with Crippen LogP contribution in [0.1, 0.15) is 28.6 Å². The van der Waals surface area contributed by atoms with E-state index in [4.69, 9.17) is 4.74 Å². The number of piperazine rings is 1. The molecule has 1 fully saturated rings. The zero-order valence-electron chi connectivity index (χ0n) is 21.1. The van der Waals surface area contributed by atoms with Crippen molar-refractivity contribution < 1.29 is 17.9 Å². The molecule has 12 heteroatoms. The highest BCUT2D eigenvalue weighted by atomic mass is 19.4. The van der Waals surface area contributed by atoms with Gasteiger partial charge in [-0.3, -0.25) is 9.69 Å². The van der Waals surface area contributed by atoms with E-state index in [1.165, 1.54) is 12.1 Å². The van der Waals surface area contributed by atoms with E-state index in [1.807, 2.05) is 36.1 Å². The van der Waals surface area contributed by atoms with Gasteiger partial charge in [0.2, 0.25) is 0 Å². The summed E-state index contributed by atoms with van der Waals surface area (Å²) >= 11 is 0. The standard InChI is InChI=1S/C26H28F3N7O2/c1-17-5-3-6-18-15-21(25(37)30-22(17)18)23(24-31-32-33-36(24)13-14-38-2)35-11-9-34(10-12-35)20-8-4-7-19(16-20)26(27,28)29/h3-8,15-16,23H,9-14H2,1-2H3,(H,30,37)/t23-/m1/s1. The first kappa shape index (κ1) is 25.9. The van der Waals surface area contributed by atoms with Crippen molar-refractivity contribution in [3.8, 4) is 0 Å². The summed E-state index contributed by atoms with van der Waals surface area (Å²) in [6.07, 6.45) is -4.41. The minimum atomic E-state index is -4.41. The molecule has 0 aliphatic carbocycles. The Labute approximate surface area is 216 Å². The molecule has 0 unspecified atom stereocenters.